The van der Waals surface area contributed by atoms with Gasteiger partial charge in [0.25, 0.3) is 0 Å². The van der Waals surface area contributed by atoms with E-state index in [9.17, 15) is 12.8 Å². The Morgan fingerprint density at radius 2 is 1.68 bits per heavy atom. The van der Waals surface area contributed by atoms with E-state index in [1.807, 2.05) is 24.3 Å². The van der Waals surface area contributed by atoms with Gasteiger partial charge < -0.3 is 9.64 Å². The fourth-order valence-corrected chi connectivity index (χ4v) is 4.43. The van der Waals surface area contributed by atoms with Crippen LogP contribution >= 0.6 is 11.6 Å². The molecule has 2 aromatic carbocycles. The monoisotopic (exact) mass is 384 g/mol. The molecule has 3 rings (SSSR count). The van der Waals surface area contributed by atoms with Crippen LogP contribution in [0.25, 0.3) is 0 Å². The molecule has 1 fully saturated rings. The van der Waals surface area contributed by atoms with Crippen molar-refractivity contribution in [1.82, 2.24) is 4.31 Å². The highest BCUT2D eigenvalue weighted by Crippen LogP contribution is 2.25. The maximum Gasteiger partial charge on any atom is 0.246 e. The van der Waals surface area contributed by atoms with Crippen LogP contribution < -0.4 is 9.64 Å². The van der Waals surface area contributed by atoms with Crippen molar-refractivity contribution in [2.24, 2.45) is 0 Å². The quantitative estimate of drug-likeness (QED) is 0.813. The molecule has 0 N–H and O–H groups in total. The number of sulfonamides is 1. The predicted octanol–water partition coefficient (Wildman–Crippen LogP) is 3.00. The van der Waals surface area contributed by atoms with Crippen molar-refractivity contribution >= 4 is 27.3 Å². The van der Waals surface area contributed by atoms with Gasteiger partial charge in [0.2, 0.25) is 10.0 Å². The molecule has 0 unspecified atom stereocenters. The molecule has 0 amide bonds. The number of ether oxygens (including phenoxy) is 1. The van der Waals surface area contributed by atoms with Crippen LogP contribution in [0.4, 0.5) is 10.1 Å². The Bertz CT molecular complexity index is 851. The second kappa shape index (κ2) is 7.19. The first-order valence-corrected chi connectivity index (χ1v) is 9.58. The maximum absolute atomic E-state index is 14.0. The minimum Gasteiger partial charge on any atom is -0.497 e. The maximum atomic E-state index is 14.0. The standard InChI is InChI=1S/C17H18ClFN2O3S/c1-24-15-5-3-14(4-6-15)20-8-10-21(11-9-20)25(22,23)17-7-2-13(18)12-16(17)19/h2-7,12H,8-11H2,1H3. The normalized spacial score (nSPS) is 16.0. The largest absolute Gasteiger partial charge is 0.497 e. The van der Waals surface area contributed by atoms with Crippen molar-refractivity contribution in [3.8, 4) is 5.75 Å². The lowest BCUT2D eigenvalue weighted by atomic mass is 10.2. The van der Waals surface area contributed by atoms with Crippen LogP contribution in [0, 0.1) is 5.82 Å². The molecule has 0 spiro atoms. The zero-order valence-electron chi connectivity index (χ0n) is 13.7. The Kier molecular flexibility index (Phi) is 5.17. The average Bonchev–Trinajstić information content (AvgIpc) is 2.61. The summed E-state index contributed by atoms with van der Waals surface area (Å²) in [7, 11) is -2.27. The lowest BCUT2D eigenvalue weighted by Gasteiger charge is -2.35. The number of anilines is 1. The third kappa shape index (κ3) is 3.73. The number of halogens is 2. The van der Waals surface area contributed by atoms with Gasteiger partial charge in [0.05, 0.1) is 7.11 Å². The van der Waals surface area contributed by atoms with Gasteiger partial charge in [-0.2, -0.15) is 4.31 Å². The predicted molar refractivity (Wildman–Crippen MR) is 95.4 cm³/mol. The van der Waals surface area contributed by atoms with Crippen molar-refractivity contribution in [2.45, 2.75) is 4.90 Å². The van der Waals surface area contributed by atoms with Gasteiger partial charge in [-0.1, -0.05) is 11.6 Å². The van der Waals surface area contributed by atoms with Gasteiger partial charge in [-0.25, -0.2) is 12.8 Å². The van der Waals surface area contributed by atoms with E-state index in [1.165, 1.54) is 16.4 Å². The van der Waals surface area contributed by atoms with Crippen LogP contribution in [0.2, 0.25) is 5.02 Å². The molecule has 5 nitrogen and oxygen atoms in total. The van der Waals surface area contributed by atoms with Gasteiger partial charge in [-0.3, -0.25) is 0 Å². The van der Waals surface area contributed by atoms with Gasteiger partial charge in [-0.15, -0.1) is 0 Å². The molecule has 1 aliphatic heterocycles. The molecule has 2 aromatic rings. The van der Waals surface area contributed by atoms with E-state index in [4.69, 9.17) is 16.3 Å². The van der Waals surface area contributed by atoms with E-state index >= 15 is 0 Å². The summed E-state index contributed by atoms with van der Waals surface area (Å²) in [4.78, 5) is 1.75. The van der Waals surface area contributed by atoms with Crippen LogP contribution in [0.3, 0.4) is 0 Å². The van der Waals surface area contributed by atoms with Crippen molar-refractivity contribution in [2.75, 3.05) is 38.2 Å². The van der Waals surface area contributed by atoms with Crippen LogP contribution in [-0.2, 0) is 10.0 Å². The van der Waals surface area contributed by atoms with Gasteiger partial charge in [0.15, 0.2) is 0 Å². The van der Waals surface area contributed by atoms with Gasteiger partial charge in [0.1, 0.15) is 16.5 Å². The van der Waals surface area contributed by atoms with Crippen LogP contribution in [0.5, 0.6) is 5.75 Å². The van der Waals surface area contributed by atoms with E-state index in [-0.39, 0.29) is 23.0 Å². The number of hydrogen-bond donors (Lipinski definition) is 0. The van der Waals surface area contributed by atoms with E-state index in [2.05, 4.69) is 4.90 Å². The fourth-order valence-electron chi connectivity index (χ4n) is 2.80. The van der Waals surface area contributed by atoms with Gasteiger partial charge >= 0.3 is 0 Å². The van der Waals surface area contributed by atoms with Crippen molar-refractivity contribution in [3.63, 3.8) is 0 Å². The molecule has 25 heavy (non-hydrogen) atoms. The first-order valence-electron chi connectivity index (χ1n) is 7.76. The fraction of sp³-hybridized carbons (Fsp3) is 0.294. The Hall–Kier alpha value is -1.83. The highest BCUT2D eigenvalue weighted by atomic mass is 35.5. The molecule has 0 radical (unpaired) electrons. The molecular weight excluding hydrogens is 367 g/mol. The lowest BCUT2D eigenvalue weighted by Crippen LogP contribution is -2.48. The summed E-state index contributed by atoms with van der Waals surface area (Å²) < 4.78 is 45.7. The first kappa shape index (κ1) is 18.0. The zero-order valence-corrected chi connectivity index (χ0v) is 15.2. The third-order valence-corrected chi connectivity index (χ3v) is 6.35. The molecule has 134 valence electrons. The zero-order chi connectivity index (χ0) is 18.0. The molecular formula is C17H18ClFN2O3S. The third-order valence-electron chi connectivity index (χ3n) is 4.19. The SMILES string of the molecule is COc1ccc(N2CCN(S(=O)(=O)c3ccc(Cl)cc3F)CC2)cc1. The molecule has 0 aliphatic carbocycles. The molecule has 0 bridgehead atoms. The summed E-state index contributed by atoms with van der Waals surface area (Å²) in [6, 6.07) is 11.2. The first-order chi connectivity index (χ1) is 11.9. The minimum absolute atomic E-state index is 0.167. The summed E-state index contributed by atoms with van der Waals surface area (Å²) in [6.07, 6.45) is 0. The van der Waals surface area contributed by atoms with Crippen molar-refractivity contribution in [1.29, 1.82) is 0 Å². The summed E-state index contributed by atoms with van der Waals surface area (Å²) in [6.45, 7) is 1.63. The smallest absolute Gasteiger partial charge is 0.246 e. The number of piperazine rings is 1. The summed E-state index contributed by atoms with van der Waals surface area (Å²) >= 11 is 5.70. The van der Waals surface area contributed by atoms with Crippen LogP contribution in [0.1, 0.15) is 0 Å². The molecule has 0 atom stereocenters. The minimum atomic E-state index is -3.87. The van der Waals surface area contributed by atoms with Gasteiger partial charge in [0, 0.05) is 36.9 Å². The number of rotatable bonds is 4. The van der Waals surface area contributed by atoms with E-state index in [0.29, 0.717) is 13.1 Å². The van der Waals surface area contributed by atoms with Crippen LogP contribution in [0.15, 0.2) is 47.4 Å². The molecule has 0 saturated carbocycles. The van der Waals surface area contributed by atoms with Crippen molar-refractivity contribution < 1.29 is 17.5 Å². The van der Waals surface area contributed by atoms with E-state index in [1.54, 1.807) is 7.11 Å². The lowest BCUT2D eigenvalue weighted by molar-refractivity contribution is 0.382. The second-order valence-corrected chi connectivity index (χ2v) is 8.01. The van der Waals surface area contributed by atoms with E-state index < -0.39 is 15.8 Å². The van der Waals surface area contributed by atoms with E-state index in [0.717, 1.165) is 17.5 Å². The highest BCUT2D eigenvalue weighted by Gasteiger charge is 2.30. The average molecular weight is 385 g/mol. The number of benzene rings is 2. The summed E-state index contributed by atoms with van der Waals surface area (Å²) in [5, 5.41) is 0.167. The summed E-state index contributed by atoms with van der Waals surface area (Å²) in [5.74, 6) is -0.0618. The number of hydrogen-bond acceptors (Lipinski definition) is 4. The highest BCUT2D eigenvalue weighted by molar-refractivity contribution is 7.89. The number of methoxy groups -OCH3 is 1. The van der Waals surface area contributed by atoms with Crippen molar-refractivity contribution in [3.05, 3.63) is 53.3 Å². The topological polar surface area (TPSA) is 49.9 Å². The molecule has 1 heterocycles. The molecule has 1 saturated heterocycles. The van der Waals surface area contributed by atoms with Crippen LogP contribution in [-0.4, -0.2) is 46.0 Å². The Morgan fingerprint density at radius 3 is 2.24 bits per heavy atom. The molecule has 0 aromatic heterocycles. The Balaban J connectivity index is 1.72. The van der Waals surface area contributed by atoms with Gasteiger partial charge in [-0.05, 0) is 42.5 Å². The second-order valence-electron chi connectivity index (χ2n) is 5.66. The molecule has 1 aliphatic rings. The summed E-state index contributed by atoms with van der Waals surface area (Å²) in [5.41, 5.74) is 0.996. The Labute approximate surface area is 151 Å². The molecule has 8 heteroatoms. The number of nitrogens with zero attached hydrogens (tertiary/aromatic N) is 2. The Morgan fingerprint density at radius 1 is 1.04 bits per heavy atom.